The Morgan fingerprint density at radius 3 is 2.88 bits per heavy atom. The number of nitrogens with one attached hydrogen (secondary N) is 1. The van der Waals surface area contributed by atoms with Gasteiger partial charge in [0.2, 0.25) is 5.91 Å². The maximum absolute atomic E-state index is 12.5. The average molecular weight is 393 g/mol. The fourth-order valence-electron chi connectivity index (χ4n) is 2.69. The van der Waals surface area contributed by atoms with Crippen LogP contribution in [0.2, 0.25) is 0 Å². The Morgan fingerprint density at radius 2 is 2.23 bits per heavy atom. The van der Waals surface area contributed by atoms with Crippen molar-refractivity contribution < 1.29 is 13.2 Å². The molecule has 2 aromatic rings. The number of carbonyl (C=O) groups excluding carboxylic acids is 1. The molecule has 1 aromatic heterocycles. The zero-order valence-electron chi connectivity index (χ0n) is 14.6. The Balaban J connectivity index is 1.74. The van der Waals surface area contributed by atoms with Gasteiger partial charge in [-0.15, -0.1) is 15.7 Å². The number of nitrogens with zero attached hydrogens (tertiary/aromatic N) is 3. The number of amidine groups is 1. The number of thiazole rings is 1. The fraction of sp³-hybridized carbons (Fsp3) is 0.353. The molecule has 0 saturated carbocycles. The van der Waals surface area contributed by atoms with Gasteiger partial charge in [0.05, 0.1) is 22.0 Å². The van der Waals surface area contributed by atoms with Crippen molar-refractivity contribution in [1.82, 2.24) is 9.88 Å². The number of likely N-dealkylation sites (tertiary alicyclic amines) is 1. The third kappa shape index (κ3) is 4.47. The van der Waals surface area contributed by atoms with Gasteiger partial charge < -0.3 is 10.2 Å². The first-order valence-electron chi connectivity index (χ1n) is 8.19. The third-order valence-corrected chi connectivity index (χ3v) is 6.11. The molecular formula is C17H20N4O3S2. The summed E-state index contributed by atoms with van der Waals surface area (Å²) in [5.41, 5.74) is 1.12. The van der Waals surface area contributed by atoms with E-state index in [-0.39, 0.29) is 17.2 Å². The molecule has 0 bridgehead atoms. The monoisotopic (exact) mass is 392 g/mol. The molecule has 26 heavy (non-hydrogen) atoms. The van der Waals surface area contributed by atoms with Gasteiger partial charge in [-0.2, -0.15) is 8.42 Å². The summed E-state index contributed by atoms with van der Waals surface area (Å²) in [7, 11) is -1.97. The van der Waals surface area contributed by atoms with E-state index in [0.29, 0.717) is 23.6 Å². The number of hydrogen-bond donors (Lipinski definition) is 1. The predicted molar refractivity (Wildman–Crippen MR) is 102 cm³/mol. The number of carbonyl (C=O) groups is 1. The second kappa shape index (κ2) is 7.55. The summed E-state index contributed by atoms with van der Waals surface area (Å²) >= 11 is 1.48. The molecule has 1 aliphatic heterocycles. The highest BCUT2D eigenvalue weighted by molar-refractivity contribution is 7.90. The van der Waals surface area contributed by atoms with Crippen LogP contribution in [0.4, 0.5) is 5.69 Å². The SMILES string of the molecule is Cc1nc(CC(=O)Nc2cccc(S(=O)(=O)N=C3CCCN3C)c2)cs1. The van der Waals surface area contributed by atoms with Crippen LogP contribution in [0.25, 0.3) is 0 Å². The molecule has 2 heterocycles. The molecule has 7 nitrogen and oxygen atoms in total. The summed E-state index contributed by atoms with van der Waals surface area (Å²) in [5.74, 6) is 0.324. The second-order valence-corrected chi connectivity index (χ2v) is 8.78. The summed E-state index contributed by atoms with van der Waals surface area (Å²) in [6.07, 6.45) is 1.70. The smallest absolute Gasteiger partial charge is 0.284 e. The Hall–Kier alpha value is -2.26. The lowest BCUT2D eigenvalue weighted by Crippen LogP contribution is -2.20. The van der Waals surface area contributed by atoms with E-state index in [9.17, 15) is 13.2 Å². The molecule has 3 rings (SSSR count). The maximum atomic E-state index is 12.5. The Labute approximate surface area is 156 Å². The van der Waals surface area contributed by atoms with Crippen LogP contribution in [0.1, 0.15) is 23.5 Å². The van der Waals surface area contributed by atoms with E-state index in [1.54, 1.807) is 12.1 Å². The lowest BCUT2D eigenvalue weighted by Gasteiger charge is -2.11. The van der Waals surface area contributed by atoms with Crippen LogP contribution in [0.5, 0.6) is 0 Å². The Kier molecular flexibility index (Phi) is 5.38. The van der Waals surface area contributed by atoms with Crippen molar-refractivity contribution in [2.75, 3.05) is 18.9 Å². The van der Waals surface area contributed by atoms with Crippen LogP contribution in [0.3, 0.4) is 0 Å². The minimum Gasteiger partial charge on any atom is -0.362 e. The van der Waals surface area contributed by atoms with Crippen molar-refractivity contribution >= 4 is 38.8 Å². The van der Waals surface area contributed by atoms with Gasteiger partial charge in [0.15, 0.2) is 0 Å². The van der Waals surface area contributed by atoms with E-state index in [2.05, 4.69) is 14.7 Å². The average Bonchev–Trinajstić information content (AvgIpc) is 3.16. The standard InChI is InChI=1S/C17H20N4O3S2/c1-12-18-14(11-25-12)10-17(22)19-13-5-3-6-15(9-13)26(23,24)20-16-7-4-8-21(16)2/h3,5-6,9,11H,4,7-8,10H2,1-2H3,(H,19,22). The number of aromatic nitrogens is 1. The first-order valence-corrected chi connectivity index (χ1v) is 10.5. The molecular weight excluding hydrogens is 372 g/mol. The van der Waals surface area contributed by atoms with Crippen LogP contribution >= 0.6 is 11.3 Å². The van der Waals surface area contributed by atoms with Crippen LogP contribution in [-0.2, 0) is 21.2 Å². The molecule has 1 amide bonds. The number of anilines is 1. The third-order valence-electron chi connectivity index (χ3n) is 3.98. The van der Waals surface area contributed by atoms with Crippen molar-refractivity contribution in [3.63, 3.8) is 0 Å². The molecule has 0 unspecified atom stereocenters. The maximum Gasteiger partial charge on any atom is 0.284 e. The van der Waals surface area contributed by atoms with E-state index < -0.39 is 10.0 Å². The zero-order valence-corrected chi connectivity index (χ0v) is 16.2. The molecule has 0 spiro atoms. The Bertz CT molecular complexity index is 950. The first kappa shape index (κ1) is 18.5. The fourth-order valence-corrected chi connectivity index (χ4v) is 4.45. The highest BCUT2D eigenvalue weighted by Gasteiger charge is 2.20. The lowest BCUT2D eigenvalue weighted by molar-refractivity contribution is -0.115. The zero-order chi connectivity index (χ0) is 18.7. The Morgan fingerprint density at radius 1 is 1.42 bits per heavy atom. The highest BCUT2D eigenvalue weighted by Crippen LogP contribution is 2.20. The number of rotatable bonds is 5. The summed E-state index contributed by atoms with van der Waals surface area (Å²) in [4.78, 5) is 18.3. The van der Waals surface area contributed by atoms with Gasteiger partial charge in [-0.05, 0) is 31.5 Å². The quantitative estimate of drug-likeness (QED) is 0.844. The topological polar surface area (TPSA) is 91.7 Å². The van der Waals surface area contributed by atoms with Gasteiger partial charge in [0.1, 0.15) is 5.84 Å². The molecule has 1 aliphatic rings. The summed E-state index contributed by atoms with van der Waals surface area (Å²) < 4.78 is 29.0. The minimum absolute atomic E-state index is 0.0626. The van der Waals surface area contributed by atoms with Gasteiger partial charge in [0, 0.05) is 31.1 Å². The highest BCUT2D eigenvalue weighted by atomic mass is 32.2. The molecule has 0 atom stereocenters. The van der Waals surface area contributed by atoms with Crippen molar-refractivity contribution in [2.45, 2.75) is 31.1 Å². The molecule has 9 heteroatoms. The van der Waals surface area contributed by atoms with E-state index in [4.69, 9.17) is 0 Å². The first-order chi connectivity index (χ1) is 12.3. The van der Waals surface area contributed by atoms with Gasteiger partial charge in [-0.3, -0.25) is 4.79 Å². The summed E-state index contributed by atoms with van der Waals surface area (Å²) in [6, 6.07) is 6.15. The molecule has 1 saturated heterocycles. The van der Waals surface area contributed by atoms with Gasteiger partial charge >= 0.3 is 0 Å². The van der Waals surface area contributed by atoms with Gasteiger partial charge in [-0.25, -0.2) is 4.98 Å². The lowest BCUT2D eigenvalue weighted by atomic mass is 10.3. The van der Waals surface area contributed by atoms with Crippen LogP contribution in [0, 0.1) is 6.92 Å². The molecule has 1 aromatic carbocycles. The van der Waals surface area contributed by atoms with Gasteiger partial charge in [0.25, 0.3) is 10.0 Å². The van der Waals surface area contributed by atoms with E-state index in [1.165, 1.54) is 23.5 Å². The normalized spacial score (nSPS) is 16.2. The molecule has 0 aliphatic carbocycles. The number of sulfonamides is 1. The molecule has 1 fully saturated rings. The van der Waals surface area contributed by atoms with Crippen molar-refractivity contribution in [1.29, 1.82) is 0 Å². The number of benzene rings is 1. The molecule has 1 N–H and O–H groups in total. The van der Waals surface area contributed by atoms with Crippen LogP contribution in [0.15, 0.2) is 38.9 Å². The van der Waals surface area contributed by atoms with Gasteiger partial charge in [-0.1, -0.05) is 6.07 Å². The number of aryl methyl sites for hydroxylation is 1. The molecule has 138 valence electrons. The van der Waals surface area contributed by atoms with Crippen molar-refractivity contribution in [3.8, 4) is 0 Å². The summed E-state index contributed by atoms with van der Waals surface area (Å²) in [5, 5.41) is 5.45. The van der Waals surface area contributed by atoms with Crippen molar-refractivity contribution in [3.05, 3.63) is 40.3 Å². The number of hydrogen-bond acceptors (Lipinski definition) is 5. The van der Waals surface area contributed by atoms with E-state index >= 15 is 0 Å². The van der Waals surface area contributed by atoms with Crippen LogP contribution < -0.4 is 5.32 Å². The second-order valence-electron chi connectivity index (χ2n) is 6.12. The largest absolute Gasteiger partial charge is 0.362 e. The van der Waals surface area contributed by atoms with Crippen molar-refractivity contribution in [2.24, 2.45) is 4.40 Å². The molecule has 0 radical (unpaired) electrons. The number of amides is 1. The summed E-state index contributed by atoms with van der Waals surface area (Å²) in [6.45, 7) is 2.68. The van der Waals surface area contributed by atoms with Crippen LogP contribution in [-0.4, -0.2) is 43.6 Å². The predicted octanol–water partition coefficient (Wildman–Crippen LogP) is 2.45. The van der Waals surface area contributed by atoms with E-state index in [1.807, 2.05) is 24.3 Å². The van der Waals surface area contributed by atoms with E-state index in [0.717, 1.165) is 18.0 Å². The minimum atomic E-state index is -3.81.